The van der Waals surface area contributed by atoms with Crippen LogP contribution < -0.4 is 0 Å². The summed E-state index contributed by atoms with van der Waals surface area (Å²) in [6.45, 7) is 42.1. The van der Waals surface area contributed by atoms with Crippen molar-refractivity contribution in [1.82, 2.24) is 9.80 Å². The highest BCUT2D eigenvalue weighted by Gasteiger charge is 2.64. The summed E-state index contributed by atoms with van der Waals surface area (Å²) in [5, 5.41) is 11.7. The molecule has 2 heterocycles. The lowest BCUT2D eigenvalue weighted by Gasteiger charge is -2.61. The van der Waals surface area contributed by atoms with Gasteiger partial charge in [0.15, 0.2) is 5.41 Å². The van der Waals surface area contributed by atoms with Crippen LogP contribution in [0.2, 0.25) is 0 Å². The maximum Gasteiger partial charge on any atom is 0.324 e. The van der Waals surface area contributed by atoms with Crippen molar-refractivity contribution in [2.45, 2.75) is 189 Å². The molecular formula is C48H76N2O7. The fraction of sp³-hybridized carbons (Fsp3) is 0.708. The van der Waals surface area contributed by atoms with Crippen molar-refractivity contribution >= 4 is 23.8 Å². The van der Waals surface area contributed by atoms with Gasteiger partial charge < -0.3 is 24.4 Å². The minimum absolute atomic E-state index is 0.0148. The Balaban J connectivity index is 2.35. The number of nitrogens with zero attached hydrogens (tertiary/aromatic N) is 2. The normalized spacial score (nSPS) is 25.1. The van der Waals surface area contributed by atoms with Crippen molar-refractivity contribution < 1.29 is 33.8 Å². The Kier molecular flexibility index (Phi) is 13.0. The van der Waals surface area contributed by atoms with Crippen molar-refractivity contribution in [3.05, 3.63) is 54.1 Å². The number of hydrogen-bond donors (Lipinski definition) is 1. The van der Waals surface area contributed by atoms with Gasteiger partial charge in [-0.1, -0.05) is 114 Å². The Morgan fingerprint density at radius 3 is 1.35 bits per heavy atom. The molecule has 2 unspecified atom stereocenters. The Morgan fingerprint density at radius 1 is 0.702 bits per heavy atom. The summed E-state index contributed by atoms with van der Waals surface area (Å²) in [6, 6.07) is 3.85. The summed E-state index contributed by atoms with van der Waals surface area (Å²) in [6.07, 6.45) is 4.73. The van der Waals surface area contributed by atoms with Gasteiger partial charge in [-0.05, 0) is 94.1 Å². The Labute approximate surface area is 345 Å². The van der Waals surface area contributed by atoms with E-state index >= 15 is 9.59 Å². The summed E-state index contributed by atoms with van der Waals surface area (Å²) in [4.78, 5) is 60.9. The van der Waals surface area contributed by atoms with Crippen molar-refractivity contribution in [3.8, 4) is 5.75 Å². The van der Waals surface area contributed by atoms with Crippen molar-refractivity contribution in [2.24, 2.45) is 16.2 Å². The third kappa shape index (κ3) is 8.07. The number of phenols is 1. The average molecular weight is 793 g/mol. The molecule has 2 aliphatic heterocycles. The SMILES string of the molecule is C=CC(=O)N1CCC(C)(OC(=O)C(CCCC)(Cc2cc(C(C)(C)C)c(O)c(C(C)(C)C)c2)C(=O)OC2(C)CCN(C(=O)C=C)C(C)(C)C2(C)C)C(C)(C)C1(C)C. The number of phenolic OH excluding ortho intramolecular Hbond substituents is 1. The highest BCUT2D eigenvalue weighted by atomic mass is 16.6. The third-order valence-electron chi connectivity index (χ3n) is 15.2. The number of carbonyl (C=O) groups is 4. The van der Waals surface area contributed by atoms with Crippen molar-refractivity contribution in [2.75, 3.05) is 13.1 Å². The summed E-state index contributed by atoms with van der Waals surface area (Å²) in [5.74, 6) is -1.52. The molecule has 2 aliphatic rings. The Morgan fingerprint density at radius 2 is 1.05 bits per heavy atom. The second kappa shape index (κ2) is 15.5. The average Bonchev–Trinajstić information content (AvgIpc) is 3.07. The van der Waals surface area contributed by atoms with Gasteiger partial charge in [0.1, 0.15) is 17.0 Å². The van der Waals surface area contributed by atoms with Gasteiger partial charge in [-0.2, -0.15) is 0 Å². The minimum Gasteiger partial charge on any atom is -0.507 e. The van der Waals surface area contributed by atoms with Crippen molar-refractivity contribution in [1.29, 1.82) is 0 Å². The van der Waals surface area contributed by atoms with Gasteiger partial charge in [-0.15, -0.1) is 0 Å². The molecule has 57 heavy (non-hydrogen) atoms. The molecule has 0 saturated carbocycles. The van der Waals surface area contributed by atoms with Gasteiger partial charge >= 0.3 is 11.9 Å². The quantitative estimate of drug-likeness (QED) is 0.135. The second-order valence-electron chi connectivity index (χ2n) is 21.4. The lowest BCUT2D eigenvalue weighted by Crippen LogP contribution is -2.70. The van der Waals surface area contributed by atoms with E-state index in [1.165, 1.54) is 12.2 Å². The lowest BCUT2D eigenvalue weighted by atomic mass is 9.59. The van der Waals surface area contributed by atoms with Gasteiger partial charge in [-0.3, -0.25) is 19.2 Å². The fourth-order valence-corrected chi connectivity index (χ4v) is 9.04. The van der Waals surface area contributed by atoms with E-state index in [0.29, 0.717) is 38.8 Å². The molecule has 1 aromatic carbocycles. The van der Waals surface area contributed by atoms with E-state index in [9.17, 15) is 14.7 Å². The van der Waals surface area contributed by atoms with Gasteiger partial charge in [-0.25, -0.2) is 0 Å². The number of esters is 2. The van der Waals surface area contributed by atoms with Gasteiger partial charge in [0.05, 0.1) is 0 Å². The highest BCUT2D eigenvalue weighted by Crippen LogP contribution is 2.55. The van der Waals surface area contributed by atoms with Gasteiger partial charge in [0, 0.05) is 47.8 Å². The predicted molar refractivity (Wildman–Crippen MR) is 229 cm³/mol. The first kappa shape index (κ1) is 47.8. The van der Waals surface area contributed by atoms with E-state index in [0.717, 1.165) is 16.7 Å². The first-order chi connectivity index (χ1) is 25.7. The number of aromatic hydroxyl groups is 1. The molecule has 1 N–H and O–H groups in total. The molecule has 0 bridgehead atoms. The smallest absolute Gasteiger partial charge is 0.324 e. The van der Waals surface area contributed by atoms with Crippen LogP contribution in [-0.2, 0) is 45.9 Å². The van der Waals surface area contributed by atoms with Crippen LogP contribution in [0.5, 0.6) is 5.75 Å². The van der Waals surface area contributed by atoms with E-state index in [-0.39, 0.29) is 30.4 Å². The first-order valence-corrected chi connectivity index (χ1v) is 20.9. The maximum atomic E-state index is 15.6. The van der Waals surface area contributed by atoms with Crippen LogP contribution in [0.15, 0.2) is 37.4 Å². The summed E-state index contributed by atoms with van der Waals surface area (Å²) >= 11 is 0. The number of hydrogen-bond acceptors (Lipinski definition) is 7. The van der Waals surface area contributed by atoms with Crippen LogP contribution in [0.25, 0.3) is 0 Å². The molecule has 320 valence electrons. The number of ether oxygens (including phenoxy) is 2. The monoisotopic (exact) mass is 793 g/mol. The molecule has 9 nitrogen and oxygen atoms in total. The molecule has 2 fully saturated rings. The molecule has 0 radical (unpaired) electrons. The zero-order valence-corrected chi connectivity index (χ0v) is 38.7. The van der Waals surface area contributed by atoms with E-state index in [2.05, 4.69) is 13.2 Å². The topological polar surface area (TPSA) is 113 Å². The molecule has 0 spiro atoms. The van der Waals surface area contributed by atoms with E-state index in [1.807, 2.05) is 130 Å². The van der Waals surface area contributed by atoms with Crippen LogP contribution in [0.1, 0.15) is 166 Å². The van der Waals surface area contributed by atoms with Gasteiger partial charge in [0.25, 0.3) is 0 Å². The molecule has 2 atom stereocenters. The molecule has 3 rings (SSSR count). The fourth-order valence-electron chi connectivity index (χ4n) is 9.04. The molecule has 2 amide bonds. The third-order valence-corrected chi connectivity index (χ3v) is 15.2. The first-order valence-electron chi connectivity index (χ1n) is 20.9. The number of benzene rings is 1. The van der Waals surface area contributed by atoms with E-state index in [4.69, 9.17) is 9.47 Å². The van der Waals surface area contributed by atoms with Gasteiger partial charge in [0.2, 0.25) is 11.8 Å². The van der Waals surface area contributed by atoms with Crippen LogP contribution in [0.3, 0.4) is 0 Å². The molecule has 1 aromatic rings. The summed E-state index contributed by atoms with van der Waals surface area (Å²) in [5.41, 5.74) is -5.75. The predicted octanol–water partition coefficient (Wildman–Crippen LogP) is 9.76. The zero-order valence-electron chi connectivity index (χ0n) is 38.7. The highest BCUT2D eigenvalue weighted by molar-refractivity contribution is 6.01. The molecule has 0 aromatic heterocycles. The lowest BCUT2D eigenvalue weighted by molar-refractivity contribution is -0.227. The molecule has 9 heteroatoms. The largest absolute Gasteiger partial charge is 0.507 e. The minimum atomic E-state index is -1.79. The second-order valence-corrected chi connectivity index (χ2v) is 21.4. The molecule has 2 saturated heterocycles. The Hall–Kier alpha value is -3.62. The number of amides is 2. The molecular weight excluding hydrogens is 717 g/mol. The van der Waals surface area contributed by atoms with Crippen LogP contribution in [-0.4, -0.2) is 74.0 Å². The van der Waals surface area contributed by atoms with E-state index in [1.54, 1.807) is 9.80 Å². The number of rotatable bonds is 11. The Bertz CT molecular complexity index is 1640. The summed E-state index contributed by atoms with van der Waals surface area (Å²) < 4.78 is 13.7. The number of carbonyl (C=O) groups excluding carboxylic acids is 4. The molecule has 0 aliphatic carbocycles. The number of piperidine rings is 2. The number of likely N-dealkylation sites (tertiary alicyclic amines) is 2. The zero-order chi connectivity index (χ0) is 44.2. The number of unbranched alkanes of at least 4 members (excludes halogenated alkanes) is 1. The standard InChI is InChI=1S/C48H76N2O7/c1-20-23-24-48(31-32-29-33(40(4,5)6)37(53)34(30-32)41(7,8)9,38(54)56-46(18)25-27-49(35(51)21-2)44(14,15)42(46,10)11)39(55)57-47(19)26-28-50(36(52)22-3)45(16,17)43(47,12)13/h21-22,29-30,53H,2-3,20,23-28,31H2,1,4-19H3. The maximum absolute atomic E-state index is 15.6. The van der Waals surface area contributed by atoms with Crippen LogP contribution in [0, 0.1) is 16.2 Å². The van der Waals surface area contributed by atoms with Crippen molar-refractivity contribution in [3.63, 3.8) is 0 Å². The van der Waals surface area contributed by atoms with Crippen LogP contribution >= 0.6 is 0 Å². The summed E-state index contributed by atoms with van der Waals surface area (Å²) in [7, 11) is 0. The van der Waals surface area contributed by atoms with E-state index < -0.39 is 61.3 Å². The van der Waals surface area contributed by atoms with Crippen LogP contribution in [0.4, 0.5) is 0 Å².